The van der Waals surface area contributed by atoms with Gasteiger partial charge < -0.3 is 4.90 Å². The summed E-state index contributed by atoms with van der Waals surface area (Å²) in [6.45, 7) is 2.26. The van der Waals surface area contributed by atoms with E-state index in [1.165, 1.54) is 12.1 Å². The normalized spacial score (nSPS) is 20.9. The number of rotatable bonds is 4. The van der Waals surface area contributed by atoms with Crippen molar-refractivity contribution < 1.29 is 12.8 Å². The summed E-state index contributed by atoms with van der Waals surface area (Å²) in [5.74, 6) is -0.261. The summed E-state index contributed by atoms with van der Waals surface area (Å²) in [4.78, 5) is 2.12. The minimum atomic E-state index is -3.63. The molecule has 19 heavy (non-hydrogen) atoms. The summed E-state index contributed by atoms with van der Waals surface area (Å²) < 4.78 is 40.2. The Kier molecular flexibility index (Phi) is 4.60. The van der Waals surface area contributed by atoms with Crippen LogP contribution in [-0.2, 0) is 10.0 Å². The van der Waals surface area contributed by atoms with Crippen molar-refractivity contribution in [2.24, 2.45) is 5.92 Å². The number of likely N-dealkylation sites (tertiary alicyclic amines) is 1. The molecule has 1 aromatic rings. The molecule has 1 aliphatic rings. The first-order valence-electron chi connectivity index (χ1n) is 6.02. The molecule has 1 N–H and O–H groups in total. The number of halogens is 2. The lowest BCUT2D eigenvalue weighted by molar-refractivity contribution is 0.394. The maximum absolute atomic E-state index is 13.4. The van der Waals surface area contributed by atoms with Crippen LogP contribution in [0.15, 0.2) is 27.6 Å². The highest BCUT2D eigenvalue weighted by molar-refractivity contribution is 9.10. The second-order valence-electron chi connectivity index (χ2n) is 4.84. The van der Waals surface area contributed by atoms with Crippen molar-refractivity contribution in [2.45, 2.75) is 11.3 Å². The third kappa shape index (κ3) is 3.75. The SMILES string of the molecule is CN1CCC(CNS(=O)(=O)c2ccc(Br)c(F)c2)C1. The highest BCUT2D eigenvalue weighted by Gasteiger charge is 2.22. The molecule has 106 valence electrons. The maximum Gasteiger partial charge on any atom is 0.240 e. The predicted molar refractivity (Wildman–Crippen MR) is 74.9 cm³/mol. The predicted octanol–water partition coefficient (Wildman–Crippen LogP) is 1.82. The average Bonchev–Trinajstić information content (AvgIpc) is 2.76. The van der Waals surface area contributed by atoms with Gasteiger partial charge in [0.15, 0.2) is 0 Å². The first-order chi connectivity index (χ1) is 8.88. The molecule has 4 nitrogen and oxygen atoms in total. The number of sulfonamides is 1. The molecule has 0 aromatic heterocycles. The van der Waals surface area contributed by atoms with Gasteiger partial charge in [-0.3, -0.25) is 0 Å². The van der Waals surface area contributed by atoms with Gasteiger partial charge >= 0.3 is 0 Å². The standard InChI is InChI=1S/C12H16BrFN2O2S/c1-16-5-4-9(8-16)7-15-19(17,18)10-2-3-11(13)12(14)6-10/h2-3,6,9,15H,4-5,7-8H2,1H3. The minimum Gasteiger partial charge on any atom is -0.306 e. The molecule has 0 amide bonds. The van der Waals surface area contributed by atoms with Crippen molar-refractivity contribution in [3.8, 4) is 0 Å². The highest BCUT2D eigenvalue weighted by atomic mass is 79.9. The van der Waals surface area contributed by atoms with E-state index in [1.807, 2.05) is 7.05 Å². The lowest BCUT2D eigenvalue weighted by Crippen LogP contribution is -2.30. The van der Waals surface area contributed by atoms with Gasteiger partial charge in [0.1, 0.15) is 5.82 Å². The van der Waals surface area contributed by atoms with Crippen LogP contribution in [-0.4, -0.2) is 40.0 Å². The summed E-state index contributed by atoms with van der Waals surface area (Å²) in [7, 11) is -1.62. The fourth-order valence-electron chi connectivity index (χ4n) is 2.15. The monoisotopic (exact) mass is 350 g/mol. The van der Waals surface area contributed by atoms with E-state index >= 15 is 0 Å². The molecule has 1 aromatic carbocycles. The van der Waals surface area contributed by atoms with E-state index < -0.39 is 15.8 Å². The van der Waals surface area contributed by atoms with Crippen LogP contribution in [0.1, 0.15) is 6.42 Å². The van der Waals surface area contributed by atoms with E-state index in [1.54, 1.807) is 0 Å². The Balaban J connectivity index is 2.03. The van der Waals surface area contributed by atoms with Gasteiger partial charge in [-0.2, -0.15) is 0 Å². The van der Waals surface area contributed by atoms with Gasteiger partial charge in [0.25, 0.3) is 0 Å². The quantitative estimate of drug-likeness (QED) is 0.900. The Hall–Kier alpha value is -0.500. The number of nitrogens with one attached hydrogen (secondary N) is 1. The van der Waals surface area contributed by atoms with Crippen molar-refractivity contribution >= 4 is 26.0 Å². The lowest BCUT2D eigenvalue weighted by Gasteiger charge is -2.12. The second-order valence-corrected chi connectivity index (χ2v) is 7.47. The number of hydrogen-bond acceptors (Lipinski definition) is 3. The van der Waals surface area contributed by atoms with Gasteiger partial charge in [0.05, 0.1) is 9.37 Å². The number of benzene rings is 1. The van der Waals surface area contributed by atoms with Crippen LogP contribution in [0.25, 0.3) is 0 Å². The topological polar surface area (TPSA) is 49.4 Å². The third-order valence-corrected chi connectivity index (χ3v) is 5.32. The van der Waals surface area contributed by atoms with E-state index in [2.05, 4.69) is 25.6 Å². The van der Waals surface area contributed by atoms with Gasteiger partial charge in [0.2, 0.25) is 10.0 Å². The van der Waals surface area contributed by atoms with Gasteiger partial charge in [-0.1, -0.05) is 0 Å². The number of hydrogen-bond donors (Lipinski definition) is 1. The molecule has 0 saturated carbocycles. The summed E-state index contributed by atoms with van der Waals surface area (Å²) in [6, 6.07) is 3.80. The Bertz CT molecular complexity index is 565. The molecular formula is C12H16BrFN2O2S. The van der Waals surface area contributed by atoms with Gasteiger partial charge in [-0.25, -0.2) is 17.5 Å². The van der Waals surface area contributed by atoms with Crippen LogP contribution in [0.4, 0.5) is 4.39 Å². The highest BCUT2D eigenvalue weighted by Crippen LogP contribution is 2.20. The Labute approximate surface area is 121 Å². The second kappa shape index (κ2) is 5.87. The fourth-order valence-corrected chi connectivity index (χ4v) is 3.52. The van der Waals surface area contributed by atoms with Crippen LogP contribution >= 0.6 is 15.9 Å². The van der Waals surface area contributed by atoms with Crippen LogP contribution in [0.2, 0.25) is 0 Å². The molecule has 0 aliphatic carbocycles. The first-order valence-corrected chi connectivity index (χ1v) is 8.29. The Morgan fingerprint density at radius 2 is 2.26 bits per heavy atom. The zero-order chi connectivity index (χ0) is 14.0. The third-order valence-electron chi connectivity index (χ3n) is 3.25. The van der Waals surface area contributed by atoms with Crippen LogP contribution in [0.3, 0.4) is 0 Å². The molecule has 1 atom stereocenters. The number of nitrogens with zero attached hydrogens (tertiary/aromatic N) is 1. The Morgan fingerprint density at radius 3 is 2.84 bits per heavy atom. The van der Waals surface area contributed by atoms with E-state index in [0.717, 1.165) is 25.6 Å². The molecular weight excluding hydrogens is 335 g/mol. The molecule has 1 aliphatic heterocycles. The van der Waals surface area contributed by atoms with E-state index in [4.69, 9.17) is 0 Å². The molecule has 7 heteroatoms. The zero-order valence-electron chi connectivity index (χ0n) is 10.6. The largest absolute Gasteiger partial charge is 0.306 e. The molecule has 0 bridgehead atoms. The maximum atomic E-state index is 13.4. The summed E-state index contributed by atoms with van der Waals surface area (Å²) in [5, 5.41) is 0. The summed E-state index contributed by atoms with van der Waals surface area (Å²) >= 11 is 3.00. The van der Waals surface area contributed by atoms with Gasteiger partial charge in [0, 0.05) is 13.1 Å². The lowest BCUT2D eigenvalue weighted by atomic mass is 10.1. The fraction of sp³-hybridized carbons (Fsp3) is 0.500. The van der Waals surface area contributed by atoms with Crippen molar-refractivity contribution in [3.05, 3.63) is 28.5 Å². The summed E-state index contributed by atoms with van der Waals surface area (Å²) in [6.07, 6.45) is 0.980. The molecule has 0 spiro atoms. The molecule has 0 radical (unpaired) electrons. The molecule has 1 unspecified atom stereocenters. The molecule has 2 rings (SSSR count). The van der Waals surface area contributed by atoms with Crippen LogP contribution in [0.5, 0.6) is 0 Å². The Morgan fingerprint density at radius 1 is 1.53 bits per heavy atom. The average molecular weight is 351 g/mol. The minimum absolute atomic E-state index is 0.0421. The van der Waals surface area contributed by atoms with Crippen molar-refractivity contribution in [3.63, 3.8) is 0 Å². The van der Waals surface area contributed by atoms with Crippen molar-refractivity contribution in [1.82, 2.24) is 9.62 Å². The van der Waals surface area contributed by atoms with E-state index in [0.29, 0.717) is 12.5 Å². The summed E-state index contributed by atoms with van der Waals surface area (Å²) in [5.41, 5.74) is 0. The van der Waals surface area contributed by atoms with Crippen molar-refractivity contribution in [2.75, 3.05) is 26.7 Å². The molecule has 1 fully saturated rings. The smallest absolute Gasteiger partial charge is 0.240 e. The van der Waals surface area contributed by atoms with Gasteiger partial charge in [-0.05, 0) is 60.1 Å². The van der Waals surface area contributed by atoms with Crippen LogP contribution < -0.4 is 4.72 Å². The van der Waals surface area contributed by atoms with E-state index in [-0.39, 0.29) is 9.37 Å². The first kappa shape index (κ1) is 14.9. The van der Waals surface area contributed by atoms with E-state index in [9.17, 15) is 12.8 Å². The van der Waals surface area contributed by atoms with Gasteiger partial charge in [-0.15, -0.1) is 0 Å². The zero-order valence-corrected chi connectivity index (χ0v) is 13.0. The molecule has 1 saturated heterocycles. The van der Waals surface area contributed by atoms with Crippen molar-refractivity contribution in [1.29, 1.82) is 0 Å². The molecule has 1 heterocycles. The van der Waals surface area contributed by atoms with Crippen LogP contribution in [0, 0.1) is 11.7 Å².